The summed E-state index contributed by atoms with van der Waals surface area (Å²) in [6.07, 6.45) is 11.9. The van der Waals surface area contributed by atoms with Crippen molar-refractivity contribution in [1.29, 1.82) is 0 Å². The fourth-order valence-corrected chi connectivity index (χ4v) is 2.95. The van der Waals surface area contributed by atoms with E-state index in [1.54, 1.807) is 0 Å². The van der Waals surface area contributed by atoms with Crippen molar-refractivity contribution in [2.24, 2.45) is 0 Å². The normalized spacial score (nSPS) is 12.3. The third-order valence-electron chi connectivity index (χ3n) is 3.54. The molecule has 1 aromatic carbocycles. The van der Waals surface area contributed by atoms with E-state index in [1.807, 2.05) is 30.3 Å². The van der Waals surface area contributed by atoms with E-state index in [9.17, 15) is 0 Å². The van der Waals surface area contributed by atoms with Gasteiger partial charge in [-0.25, -0.2) is 0 Å². The van der Waals surface area contributed by atoms with Crippen LogP contribution in [0.1, 0.15) is 64.7 Å². The molecule has 0 aliphatic heterocycles. The van der Waals surface area contributed by atoms with Crippen LogP contribution in [0.2, 0.25) is 0 Å². The third-order valence-corrected chi connectivity index (χ3v) is 4.46. The Balaban J connectivity index is 1.91. The Hall–Kier alpha value is -0.500. The number of ether oxygens (including phenoxy) is 1. The maximum atomic E-state index is 5.71. The van der Waals surface area contributed by atoms with E-state index in [0.29, 0.717) is 4.83 Å². The highest BCUT2D eigenvalue weighted by Gasteiger charge is 2.04. The number of rotatable bonds is 12. The van der Waals surface area contributed by atoms with Gasteiger partial charge in [-0.05, 0) is 31.4 Å². The largest absolute Gasteiger partial charge is 0.494 e. The molecule has 1 nitrogen and oxygen atoms in total. The monoisotopic (exact) mass is 340 g/mol. The Bertz CT molecular complexity index is 312. The van der Waals surface area contributed by atoms with Gasteiger partial charge in [0.15, 0.2) is 0 Å². The lowest BCUT2D eigenvalue weighted by atomic mass is 10.1. The lowest BCUT2D eigenvalue weighted by molar-refractivity contribution is 0.305. The highest BCUT2D eigenvalue weighted by molar-refractivity contribution is 9.09. The van der Waals surface area contributed by atoms with Gasteiger partial charge in [0.2, 0.25) is 0 Å². The summed E-state index contributed by atoms with van der Waals surface area (Å²) in [5.74, 6) is 0.981. The Morgan fingerprint density at radius 3 is 2.30 bits per heavy atom. The van der Waals surface area contributed by atoms with Crippen molar-refractivity contribution in [1.82, 2.24) is 0 Å². The van der Waals surface area contributed by atoms with Gasteiger partial charge in [0, 0.05) is 4.83 Å². The zero-order valence-electron chi connectivity index (χ0n) is 12.8. The summed E-state index contributed by atoms with van der Waals surface area (Å²) < 4.78 is 5.71. The van der Waals surface area contributed by atoms with Crippen molar-refractivity contribution in [3.05, 3.63) is 30.3 Å². The molecule has 1 unspecified atom stereocenters. The molecule has 1 aromatic rings. The minimum Gasteiger partial charge on any atom is -0.494 e. The van der Waals surface area contributed by atoms with Crippen LogP contribution < -0.4 is 4.74 Å². The van der Waals surface area contributed by atoms with E-state index in [4.69, 9.17) is 4.74 Å². The number of unbranched alkanes of at least 4 members (excludes halogenated alkanes) is 5. The molecule has 1 rings (SSSR count). The summed E-state index contributed by atoms with van der Waals surface area (Å²) in [7, 11) is 0. The maximum absolute atomic E-state index is 5.71. The molecule has 0 saturated heterocycles. The summed E-state index contributed by atoms with van der Waals surface area (Å²) in [6, 6.07) is 10.1. The molecule has 0 N–H and O–H groups in total. The lowest BCUT2D eigenvalue weighted by Crippen LogP contribution is -2.03. The molecule has 0 aliphatic carbocycles. The molecule has 2 heteroatoms. The number of benzene rings is 1. The lowest BCUT2D eigenvalue weighted by Gasteiger charge is -2.10. The van der Waals surface area contributed by atoms with Crippen LogP contribution in [-0.2, 0) is 0 Å². The first kappa shape index (κ1) is 17.6. The zero-order chi connectivity index (χ0) is 14.5. The van der Waals surface area contributed by atoms with Crippen LogP contribution >= 0.6 is 15.9 Å². The summed E-state index contributed by atoms with van der Waals surface area (Å²) in [6.45, 7) is 3.09. The van der Waals surface area contributed by atoms with E-state index in [0.717, 1.165) is 18.8 Å². The Labute approximate surface area is 133 Å². The second-order valence-corrected chi connectivity index (χ2v) is 6.75. The summed E-state index contributed by atoms with van der Waals surface area (Å²) in [5, 5.41) is 0. The highest BCUT2D eigenvalue weighted by Crippen LogP contribution is 2.18. The summed E-state index contributed by atoms with van der Waals surface area (Å²) >= 11 is 3.79. The van der Waals surface area contributed by atoms with Crippen LogP contribution in [0.3, 0.4) is 0 Å². The maximum Gasteiger partial charge on any atom is 0.119 e. The van der Waals surface area contributed by atoms with Crippen molar-refractivity contribution in [2.45, 2.75) is 69.5 Å². The predicted octanol–water partition coefficient (Wildman–Crippen LogP) is 6.36. The molecular formula is C18H29BrO. The van der Waals surface area contributed by atoms with Crippen LogP contribution in [0.4, 0.5) is 0 Å². The van der Waals surface area contributed by atoms with Gasteiger partial charge >= 0.3 is 0 Å². The van der Waals surface area contributed by atoms with Gasteiger partial charge in [-0.15, -0.1) is 0 Å². The van der Waals surface area contributed by atoms with Gasteiger partial charge in [0.25, 0.3) is 0 Å². The molecule has 0 amide bonds. The summed E-state index contributed by atoms with van der Waals surface area (Å²) in [5.41, 5.74) is 0. The van der Waals surface area contributed by atoms with Gasteiger partial charge in [0.1, 0.15) is 5.75 Å². The topological polar surface area (TPSA) is 9.23 Å². The average molecular weight is 341 g/mol. The standard InChI is InChI=1S/C18H29BrO/c1-2-3-4-5-6-8-12-17(19)13-11-16-20-18-14-9-7-10-15-18/h7,9-10,14-15,17H,2-6,8,11-13,16H2,1H3. The molecule has 0 spiro atoms. The smallest absolute Gasteiger partial charge is 0.119 e. The minimum atomic E-state index is 0.660. The quantitative estimate of drug-likeness (QED) is 0.317. The molecule has 20 heavy (non-hydrogen) atoms. The number of hydrogen-bond acceptors (Lipinski definition) is 1. The van der Waals surface area contributed by atoms with E-state index >= 15 is 0 Å². The van der Waals surface area contributed by atoms with Crippen molar-refractivity contribution < 1.29 is 4.74 Å². The van der Waals surface area contributed by atoms with Crippen LogP contribution in [-0.4, -0.2) is 11.4 Å². The SMILES string of the molecule is CCCCCCCCC(Br)CCCOc1ccccc1. The van der Waals surface area contributed by atoms with Gasteiger partial charge in [-0.2, -0.15) is 0 Å². The molecule has 0 saturated carbocycles. The molecule has 0 radical (unpaired) electrons. The van der Waals surface area contributed by atoms with Crippen LogP contribution in [0.25, 0.3) is 0 Å². The number of para-hydroxylation sites is 1. The minimum absolute atomic E-state index is 0.660. The van der Waals surface area contributed by atoms with Crippen molar-refractivity contribution in [3.8, 4) is 5.75 Å². The molecule has 0 bridgehead atoms. The fourth-order valence-electron chi connectivity index (χ4n) is 2.30. The molecule has 114 valence electrons. The zero-order valence-corrected chi connectivity index (χ0v) is 14.4. The van der Waals surface area contributed by atoms with Crippen LogP contribution in [0, 0.1) is 0 Å². The predicted molar refractivity (Wildman–Crippen MR) is 91.9 cm³/mol. The van der Waals surface area contributed by atoms with Crippen molar-refractivity contribution >= 4 is 15.9 Å². The fraction of sp³-hybridized carbons (Fsp3) is 0.667. The molecule has 0 aliphatic rings. The number of hydrogen-bond donors (Lipinski definition) is 0. The second kappa shape index (κ2) is 12.3. The van der Waals surface area contributed by atoms with Crippen LogP contribution in [0.5, 0.6) is 5.75 Å². The Kier molecular flexibility index (Phi) is 10.8. The Morgan fingerprint density at radius 1 is 0.900 bits per heavy atom. The van der Waals surface area contributed by atoms with Gasteiger partial charge in [0.05, 0.1) is 6.61 Å². The summed E-state index contributed by atoms with van der Waals surface area (Å²) in [4.78, 5) is 0.660. The molecule has 0 fully saturated rings. The highest BCUT2D eigenvalue weighted by atomic mass is 79.9. The first-order chi connectivity index (χ1) is 9.83. The number of halogens is 1. The molecule has 0 aromatic heterocycles. The van der Waals surface area contributed by atoms with Crippen molar-refractivity contribution in [3.63, 3.8) is 0 Å². The average Bonchev–Trinajstić information content (AvgIpc) is 2.48. The van der Waals surface area contributed by atoms with E-state index in [1.165, 1.54) is 51.4 Å². The third kappa shape index (κ3) is 9.41. The molecular weight excluding hydrogens is 312 g/mol. The number of alkyl halides is 1. The van der Waals surface area contributed by atoms with E-state index in [-0.39, 0.29) is 0 Å². The van der Waals surface area contributed by atoms with E-state index < -0.39 is 0 Å². The molecule has 1 atom stereocenters. The van der Waals surface area contributed by atoms with Crippen LogP contribution in [0.15, 0.2) is 30.3 Å². The first-order valence-corrected chi connectivity index (χ1v) is 9.06. The van der Waals surface area contributed by atoms with E-state index in [2.05, 4.69) is 22.9 Å². The molecule has 0 heterocycles. The van der Waals surface area contributed by atoms with Gasteiger partial charge in [-0.1, -0.05) is 79.6 Å². The first-order valence-electron chi connectivity index (χ1n) is 8.15. The second-order valence-electron chi connectivity index (χ2n) is 5.46. The van der Waals surface area contributed by atoms with Gasteiger partial charge in [-0.3, -0.25) is 0 Å². The van der Waals surface area contributed by atoms with Crippen molar-refractivity contribution in [2.75, 3.05) is 6.61 Å². The Morgan fingerprint density at radius 2 is 1.55 bits per heavy atom. The van der Waals surface area contributed by atoms with Gasteiger partial charge < -0.3 is 4.74 Å².